The van der Waals surface area contributed by atoms with Gasteiger partial charge in [-0.3, -0.25) is 4.79 Å². The van der Waals surface area contributed by atoms with E-state index in [0.29, 0.717) is 19.3 Å². The molecule has 1 heterocycles. The zero-order chi connectivity index (χ0) is 21.4. The van der Waals surface area contributed by atoms with Crippen LogP contribution in [0.1, 0.15) is 42.4 Å². The zero-order valence-electron chi connectivity index (χ0n) is 16.7. The number of nitriles is 1. The largest absolute Gasteiger partial charge is 0.338 e. The van der Waals surface area contributed by atoms with E-state index in [1.807, 2.05) is 42.5 Å². The maximum absolute atomic E-state index is 12.5. The van der Waals surface area contributed by atoms with Crippen LogP contribution < -0.4 is 11.1 Å². The first-order chi connectivity index (χ1) is 14.3. The number of nitrogens with one attached hydrogen (secondary N) is 1. The van der Waals surface area contributed by atoms with Crippen LogP contribution in [0.3, 0.4) is 0 Å². The van der Waals surface area contributed by atoms with Gasteiger partial charge >= 0.3 is 0 Å². The van der Waals surface area contributed by atoms with Crippen LogP contribution in [0.25, 0.3) is 11.1 Å². The molecule has 3 N–H and O–H groups in total. The third-order valence-corrected chi connectivity index (χ3v) is 7.60. The van der Waals surface area contributed by atoms with E-state index in [2.05, 4.69) is 11.4 Å². The van der Waals surface area contributed by atoms with Crippen molar-refractivity contribution >= 4 is 15.7 Å². The van der Waals surface area contributed by atoms with Gasteiger partial charge in [-0.2, -0.15) is 5.26 Å². The highest BCUT2D eigenvalue weighted by Crippen LogP contribution is 2.30. The third kappa shape index (κ3) is 4.25. The van der Waals surface area contributed by atoms with Gasteiger partial charge in [0.15, 0.2) is 9.84 Å². The van der Waals surface area contributed by atoms with E-state index in [1.54, 1.807) is 0 Å². The van der Waals surface area contributed by atoms with Gasteiger partial charge in [-0.05, 0) is 46.7 Å². The number of amides is 1. The van der Waals surface area contributed by atoms with Crippen LogP contribution >= 0.6 is 0 Å². The molecule has 1 fully saturated rings. The lowest BCUT2D eigenvalue weighted by atomic mass is 9.96. The standard InChI is InChI=1S/C23H25N3O3S/c24-13-21(26-22(27)23(25)9-1-2-10-23)11-16-3-5-17(6-4-16)18-7-8-19-14-30(28,29)15-20(19)12-18/h3-8,12,21H,1-2,9-11,14-15,25H2,(H,26,27)/t21-/m0/s1. The molecular weight excluding hydrogens is 398 g/mol. The van der Waals surface area contributed by atoms with Crippen LogP contribution in [-0.4, -0.2) is 25.9 Å². The van der Waals surface area contributed by atoms with Crippen molar-refractivity contribution in [1.82, 2.24) is 5.32 Å². The Bertz CT molecular complexity index is 1110. The van der Waals surface area contributed by atoms with Crippen LogP contribution in [-0.2, 0) is 32.6 Å². The van der Waals surface area contributed by atoms with Crippen LogP contribution in [0, 0.1) is 11.3 Å². The molecule has 1 atom stereocenters. The Labute approximate surface area is 177 Å². The number of sulfone groups is 1. The lowest BCUT2D eigenvalue weighted by molar-refractivity contribution is -0.126. The van der Waals surface area contributed by atoms with Gasteiger partial charge in [-0.1, -0.05) is 49.2 Å². The molecule has 0 radical (unpaired) electrons. The first kappa shape index (κ1) is 20.6. The van der Waals surface area contributed by atoms with Crippen LogP contribution in [0.15, 0.2) is 42.5 Å². The number of nitrogens with zero attached hydrogens (tertiary/aromatic N) is 1. The fraction of sp³-hybridized carbons (Fsp3) is 0.391. The highest BCUT2D eigenvalue weighted by molar-refractivity contribution is 7.90. The predicted molar refractivity (Wildman–Crippen MR) is 115 cm³/mol. The molecule has 1 aliphatic carbocycles. The monoisotopic (exact) mass is 423 g/mol. The Morgan fingerprint density at radius 2 is 1.70 bits per heavy atom. The van der Waals surface area contributed by atoms with Gasteiger partial charge in [-0.25, -0.2) is 8.42 Å². The number of rotatable bonds is 5. The summed E-state index contributed by atoms with van der Waals surface area (Å²) in [4.78, 5) is 12.5. The third-order valence-electron chi connectivity index (χ3n) is 6.09. The number of nitrogens with two attached hydrogens (primary N) is 1. The van der Waals surface area contributed by atoms with Gasteiger partial charge in [0.05, 0.1) is 23.1 Å². The zero-order valence-corrected chi connectivity index (χ0v) is 17.5. The van der Waals surface area contributed by atoms with E-state index < -0.39 is 21.4 Å². The molecule has 0 unspecified atom stereocenters. The summed E-state index contributed by atoms with van der Waals surface area (Å²) in [5.41, 5.74) is 9.96. The Hall–Kier alpha value is -2.69. The molecule has 0 bridgehead atoms. The fourth-order valence-electron chi connectivity index (χ4n) is 4.34. The number of hydrogen-bond donors (Lipinski definition) is 2. The maximum atomic E-state index is 12.5. The SMILES string of the molecule is N#C[C@H](Cc1ccc(-c2ccc3c(c2)CS(=O)(=O)C3)cc1)NC(=O)C1(N)CCCC1. The second-order valence-corrected chi connectivity index (χ2v) is 10.5. The van der Waals surface area contributed by atoms with Gasteiger partial charge < -0.3 is 11.1 Å². The van der Waals surface area contributed by atoms with Crippen molar-refractivity contribution in [2.45, 2.75) is 55.2 Å². The minimum atomic E-state index is -3.02. The fourth-order valence-corrected chi connectivity index (χ4v) is 5.94. The van der Waals surface area contributed by atoms with Crippen LogP contribution in [0.4, 0.5) is 0 Å². The van der Waals surface area contributed by atoms with E-state index in [4.69, 9.17) is 5.73 Å². The summed E-state index contributed by atoms with van der Waals surface area (Å²) < 4.78 is 23.7. The van der Waals surface area contributed by atoms with Crippen molar-refractivity contribution in [2.75, 3.05) is 0 Å². The van der Waals surface area contributed by atoms with Crippen LogP contribution in [0.5, 0.6) is 0 Å². The van der Waals surface area contributed by atoms with E-state index in [-0.39, 0.29) is 17.4 Å². The lowest BCUT2D eigenvalue weighted by Gasteiger charge is -2.24. The topological polar surface area (TPSA) is 113 Å². The molecule has 6 nitrogen and oxygen atoms in total. The van der Waals surface area contributed by atoms with Gasteiger partial charge in [-0.15, -0.1) is 0 Å². The first-order valence-corrected chi connectivity index (χ1v) is 12.0. The Morgan fingerprint density at radius 1 is 1.07 bits per heavy atom. The molecule has 4 rings (SSSR count). The molecule has 30 heavy (non-hydrogen) atoms. The number of fused-ring (bicyclic) bond motifs is 1. The summed E-state index contributed by atoms with van der Waals surface area (Å²) in [5, 5.41) is 12.3. The molecule has 2 aromatic rings. The first-order valence-electron chi connectivity index (χ1n) is 10.2. The summed E-state index contributed by atoms with van der Waals surface area (Å²) in [6.07, 6.45) is 3.61. The minimum absolute atomic E-state index is 0.0977. The van der Waals surface area contributed by atoms with Gasteiger partial charge in [0, 0.05) is 6.42 Å². The van der Waals surface area contributed by atoms with E-state index in [0.717, 1.165) is 40.7 Å². The molecular formula is C23H25N3O3S. The lowest BCUT2D eigenvalue weighted by Crippen LogP contribution is -2.54. The van der Waals surface area contributed by atoms with E-state index in [1.165, 1.54) is 0 Å². The molecule has 1 amide bonds. The molecule has 7 heteroatoms. The number of hydrogen-bond acceptors (Lipinski definition) is 5. The van der Waals surface area contributed by atoms with Crippen molar-refractivity contribution in [2.24, 2.45) is 5.73 Å². The smallest absolute Gasteiger partial charge is 0.241 e. The quantitative estimate of drug-likeness (QED) is 0.767. The van der Waals surface area contributed by atoms with E-state index in [9.17, 15) is 18.5 Å². The molecule has 0 spiro atoms. The summed E-state index contributed by atoms with van der Waals surface area (Å²) in [5.74, 6) is -0.0240. The molecule has 2 aliphatic rings. The minimum Gasteiger partial charge on any atom is -0.338 e. The van der Waals surface area contributed by atoms with E-state index >= 15 is 0 Å². The molecule has 1 aliphatic heterocycles. The Morgan fingerprint density at radius 3 is 2.37 bits per heavy atom. The summed E-state index contributed by atoms with van der Waals surface area (Å²) in [6, 6.07) is 15.1. The van der Waals surface area contributed by atoms with Gasteiger partial charge in [0.2, 0.25) is 5.91 Å². The second kappa shape index (κ2) is 7.86. The average Bonchev–Trinajstić information content (AvgIpc) is 3.29. The Kier molecular flexibility index (Phi) is 5.39. The predicted octanol–water partition coefficient (Wildman–Crippen LogP) is 2.60. The molecule has 156 valence electrons. The number of carbonyl (C=O) groups excluding carboxylic acids is 1. The highest BCUT2D eigenvalue weighted by atomic mass is 32.2. The molecule has 0 aromatic heterocycles. The highest BCUT2D eigenvalue weighted by Gasteiger charge is 2.37. The molecule has 1 saturated carbocycles. The summed E-state index contributed by atoms with van der Waals surface area (Å²) in [7, 11) is -3.02. The maximum Gasteiger partial charge on any atom is 0.241 e. The van der Waals surface area contributed by atoms with Crippen molar-refractivity contribution in [1.29, 1.82) is 5.26 Å². The van der Waals surface area contributed by atoms with Crippen molar-refractivity contribution in [3.8, 4) is 17.2 Å². The van der Waals surface area contributed by atoms with Gasteiger partial charge in [0.1, 0.15) is 6.04 Å². The van der Waals surface area contributed by atoms with Gasteiger partial charge in [0.25, 0.3) is 0 Å². The van der Waals surface area contributed by atoms with Crippen molar-refractivity contribution in [3.05, 3.63) is 59.2 Å². The number of carbonyl (C=O) groups is 1. The van der Waals surface area contributed by atoms with Crippen molar-refractivity contribution in [3.63, 3.8) is 0 Å². The number of benzene rings is 2. The van der Waals surface area contributed by atoms with Crippen LogP contribution in [0.2, 0.25) is 0 Å². The Balaban J connectivity index is 1.44. The second-order valence-electron chi connectivity index (χ2n) is 8.44. The molecule has 0 saturated heterocycles. The molecule has 2 aromatic carbocycles. The van der Waals surface area contributed by atoms with Crippen molar-refractivity contribution < 1.29 is 13.2 Å². The summed E-state index contributed by atoms with van der Waals surface area (Å²) in [6.45, 7) is 0. The average molecular weight is 424 g/mol. The summed E-state index contributed by atoms with van der Waals surface area (Å²) >= 11 is 0. The normalized spacial score (nSPS) is 19.6.